The Morgan fingerprint density at radius 1 is 1.17 bits per heavy atom. The minimum atomic E-state index is -0.875. The first-order valence-electron chi connectivity index (χ1n) is 7.11. The van der Waals surface area contributed by atoms with Gasteiger partial charge in [-0.1, -0.05) is 24.3 Å². The lowest BCUT2D eigenvalue weighted by atomic mass is 10.2. The van der Waals surface area contributed by atoms with Crippen molar-refractivity contribution in [1.82, 2.24) is 10.7 Å². The van der Waals surface area contributed by atoms with E-state index in [1.807, 2.05) is 0 Å². The van der Waals surface area contributed by atoms with Crippen molar-refractivity contribution in [2.75, 3.05) is 7.11 Å². The second-order valence-electron chi connectivity index (χ2n) is 4.82. The Hall–Kier alpha value is -3.35. The maximum absolute atomic E-state index is 11.7. The number of phenols is 1. The minimum Gasteiger partial charge on any atom is -0.508 e. The van der Waals surface area contributed by atoms with Gasteiger partial charge in [-0.2, -0.15) is 5.10 Å². The zero-order valence-corrected chi connectivity index (χ0v) is 13.0. The van der Waals surface area contributed by atoms with E-state index in [0.29, 0.717) is 11.3 Å². The summed E-state index contributed by atoms with van der Waals surface area (Å²) in [6, 6.07) is 13.4. The third-order valence-corrected chi connectivity index (χ3v) is 3.07. The molecule has 24 heavy (non-hydrogen) atoms. The molecule has 0 aliphatic heterocycles. The molecule has 0 unspecified atom stereocenters. The van der Waals surface area contributed by atoms with E-state index >= 15 is 0 Å². The smallest absolute Gasteiger partial charge is 0.329 e. The average Bonchev–Trinajstić information content (AvgIpc) is 2.60. The van der Waals surface area contributed by atoms with Gasteiger partial charge in [0.15, 0.2) is 0 Å². The fraction of sp³-hybridized carbons (Fsp3) is 0.118. The Bertz CT molecular complexity index is 742. The molecule has 2 rings (SSSR count). The Morgan fingerprint density at radius 2 is 1.92 bits per heavy atom. The number of aromatic hydroxyl groups is 1. The van der Waals surface area contributed by atoms with Crippen LogP contribution in [0.5, 0.6) is 11.5 Å². The van der Waals surface area contributed by atoms with Crippen LogP contribution in [0.15, 0.2) is 53.6 Å². The number of ether oxygens (including phenoxy) is 1. The Morgan fingerprint density at radius 3 is 2.58 bits per heavy atom. The highest BCUT2D eigenvalue weighted by Gasteiger charge is 2.11. The molecule has 0 aliphatic rings. The highest BCUT2D eigenvalue weighted by Crippen LogP contribution is 2.11. The minimum absolute atomic E-state index is 0.0857. The number of rotatable bonds is 5. The Kier molecular flexibility index (Phi) is 5.90. The third-order valence-electron chi connectivity index (χ3n) is 3.07. The van der Waals surface area contributed by atoms with Gasteiger partial charge in [0.25, 0.3) is 0 Å². The Labute approximate surface area is 139 Å². The molecule has 3 N–H and O–H groups in total. The first-order valence-corrected chi connectivity index (χ1v) is 7.11. The second-order valence-corrected chi connectivity index (χ2v) is 4.82. The number of carbonyl (C=O) groups is 2. The van der Waals surface area contributed by atoms with Gasteiger partial charge in [-0.15, -0.1) is 0 Å². The van der Waals surface area contributed by atoms with Crippen LogP contribution in [0.4, 0.5) is 0 Å². The fourth-order valence-corrected chi connectivity index (χ4v) is 1.83. The zero-order chi connectivity index (χ0) is 17.4. The SMILES string of the molecule is COc1ccc(CNC(=O)C(=O)N/N=C\c2cccc(O)c2)cc1. The normalized spacial score (nSPS) is 10.4. The molecule has 0 saturated heterocycles. The van der Waals surface area contributed by atoms with E-state index < -0.39 is 11.8 Å². The van der Waals surface area contributed by atoms with E-state index in [0.717, 1.165) is 5.56 Å². The van der Waals surface area contributed by atoms with Gasteiger partial charge in [0.05, 0.1) is 13.3 Å². The van der Waals surface area contributed by atoms with Crippen LogP contribution in [-0.4, -0.2) is 30.2 Å². The number of methoxy groups -OCH3 is 1. The van der Waals surface area contributed by atoms with Crippen molar-refractivity contribution >= 4 is 18.0 Å². The van der Waals surface area contributed by atoms with Crippen molar-refractivity contribution in [3.63, 3.8) is 0 Å². The topological polar surface area (TPSA) is 100 Å². The number of hydrogen-bond donors (Lipinski definition) is 3. The maximum atomic E-state index is 11.7. The second kappa shape index (κ2) is 8.33. The van der Waals surface area contributed by atoms with Crippen molar-refractivity contribution in [3.05, 3.63) is 59.7 Å². The number of hydrogen-bond acceptors (Lipinski definition) is 5. The maximum Gasteiger partial charge on any atom is 0.329 e. The Balaban J connectivity index is 1.80. The van der Waals surface area contributed by atoms with Gasteiger partial charge in [0.1, 0.15) is 11.5 Å². The van der Waals surface area contributed by atoms with Gasteiger partial charge >= 0.3 is 11.8 Å². The van der Waals surface area contributed by atoms with Gasteiger partial charge in [-0.25, -0.2) is 5.43 Å². The van der Waals surface area contributed by atoms with Gasteiger partial charge in [-0.05, 0) is 35.4 Å². The van der Waals surface area contributed by atoms with Crippen molar-refractivity contribution in [1.29, 1.82) is 0 Å². The summed E-state index contributed by atoms with van der Waals surface area (Å²) in [7, 11) is 1.57. The summed E-state index contributed by atoms with van der Waals surface area (Å²) >= 11 is 0. The van der Waals surface area contributed by atoms with E-state index in [1.54, 1.807) is 43.5 Å². The summed E-state index contributed by atoms with van der Waals surface area (Å²) in [5, 5.41) is 15.5. The summed E-state index contributed by atoms with van der Waals surface area (Å²) in [6.07, 6.45) is 1.33. The molecule has 0 radical (unpaired) electrons. The van der Waals surface area contributed by atoms with Crippen LogP contribution in [0.25, 0.3) is 0 Å². The van der Waals surface area contributed by atoms with Crippen LogP contribution in [0.1, 0.15) is 11.1 Å². The summed E-state index contributed by atoms with van der Waals surface area (Å²) in [5.74, 6) is -0.870. The van der Waals surface area contributed by atoms with E-state index in [2.05, 4.69) is 15.8 Å². The number of nitrogens with zero attached hydrogens (tertiary/aromatic N) is 1. The molecule has 2 aromatic carbocycles. The fourth-order valence-electron chi connectivity index (χ4n) is 1.83. The van der Waals surface area contributed by atoms with Crippen molar-refractivity contribution < 1.29 is 19.4 Å². The predicted octanol–water partition coefficient (Wildman–Crippen LogP) is 1.17. The highest BCUT2D eigenvalue weighted by molar-refractivity contribution is 6.35. The van der Waals surface area contributed by atoms with Gasteiger partial charge in [0.2, 0.25) is 0 Å². The van der Waals surface area contributed by atoms with Gasteiger partial charge in [-0.3, -0.25) is 9.59 Å². The first kappa shape index (κ1) is 17.0. The van der Waals surface area contributed by atoms with E-state index in [4.69, 9.17) is 4.74 Å². The lowest BCUT2D eigenvalue weighted by Crippen LogP contribution is -2.37. The molecule has 0 fully saturated rings. The molecule has 124 valence electrons. The van der Waals surface area contributed by atoms with Crippen molar-refractivity contribution in [2.24, 2.45) is 5.10 Å². The molecule has 0 atom stereocenters. The van der Waals surface area contributed by atoms with Crippen LogP contribution in [-0.2, 0) is 16.1 Å². The standard InChI is InChI=1S/C17H17N3O4/c1-24-15-7-5-12(6-8-15)10-18-16(22)17(23)20-19-11-13-3-2-4-14(21)9-13/h2-9,11,21H,10H2,1H3,(H,18,22)(H,20,23)/b19-11-. The molecule has 2 amide bonds. The lowest BCUT2D eigenvalue weighted by Gasteiger charge is -2.05. The van der Waals surface area contributed by atoms with Crippen molar-refractivity contribution in [2.45, 2.75) is 6.54 Å². The first-order chi connectivity index (χ1) is 11.6. The molecule has 7 heteroatoms. The van der Waals surface area contributed by atoms with Crippen molar-refractivity contribution in [3.8, 4) is 11.5 Å². The number of amides is 2. The molecule has 0 bridgehead atoms. The van der Waals surface area contributed by atoms with Crippen LogP contribution in [0.2, 0.25) is 0 Å². The van der Waals surface area contributed by atoms with Gasteiger partial charge < -0.3 is 15.2 Å². The summed E-state index contributed by atoms with van der Waals surface area (Å²) in [6.45, 7) is 0.215. The molecule has 0 saturated carbocycles. The molecule has 2 aromatic rings. The van der Waals surface area contributed by atoms with E-state index in [-0.39, 0.29) is 12.3 Å². The molecular formula is C17H17N3O4. The number of phenolic OH excluding ortho intramolecular Hbond substituents is 1. The molecule has 0 spiro atoms. The number of hydrazone groups is 1. The average molecular weight is 327 g/mol. The van der Waals surface area contributed by atoms with E-state index in [1.165, 1.54) is 18.3 Å². The lowest BCUT2D eigenvalue weighted by molar-refractivity contribution is -0.139. The number of nitrogens with one attached hydrogen (secondary N) is 2. The van der Waals surface area contributed by atoms with Crippen LogP contribution < -0.4 is 15.5 Å². The summed E-state index contributed by atoms with van der Waals surface area (Å²) in [5.41, 5.74) is 3.55. The molecule has 0 heterocycles. The van der Waals surface area contributed by atoms with Crippen LogP contribution in [0.3, 0.4) is 0 Å². The quantitative estimate of drug-likeness (QED) is 0.436. The summed E-state index contributed by atoms with van der Waals surface area (Å²) < 4.78 is 5.04. The largest absolute Gasteiger partial charge is 0.508 e. The molecule has 0 aromatic heterocycles. The zero-order valence-electron chi connectivity index (χ0n) is 13.0. The third kappa shape index (κ3) is 5.13. The highest BCUT2D eigenvalue weighted by atomic mass is 16.5. The van der Waals surface area contributed by atoms with Crippen LogP contribution >= 0.6 is 0 Å². The number of benzene rings is 2. The molecule has 0 aliphatic carbocycles. The predicted molar refractivity (Wildman–Crippen MR) is 88.7 cm³/mol. The monoisotopic (exact) mass is 327 g/mol. The van der Waals surface area contributed by atoms with E-state index in [9.17, 15) is 14.7 Å². The number of carbonyl (C=O) groups excluding carboxylic acids is 2. The van der Waals surface area contributed by atoms with Crippen LogP contribution in [0, 0.1) is 0 Å². The summed E-state index contributed by atoms with van der Waals surface area (Å²) in [4.78, 5) is 23.3. The molecule has 7 nitrogen and oxygen atoms in total. The molecular weight excluding hydrogens is 310 g/mol. The van der Waals surface area contributed by atoms with Gasteiger partial charge in [0, 0.05) is 6.54 Å².